The topological polar surface area (TPSA) is 90.7 Å². The first kappa shape index (κ1) is 11.6. The van der Waals surface area contributed by atoms with E-state index < -0.39 is 0 Å². The molecule has 1 aromatic carbocycles. The van der Waals surface area contributed by atoms with Crippen molar-refractivity contribution in [2.45, 2.75) is 0 Å². The highest BCUT2D eigenvalue weighted by atomic mass is 35.5. The Morgan fingerprint density at radius 1 is 1.11 bits per heavy atom. The van der Waals surface area contributed by atoms with Crippen molar-refractivity contribution in [3.8, 4) is 23.1 Å². The molecule has 3 aromatic rings. The standard InChI is InChI=1S/C12H8ClN5O/c13-7-2-3-8(9(14)6-7)12-17-11(18-19-12)10-15-4-1-5-16-10/h1-6H,14H2. The maximum absolute atomic E-state index is 5.86. The first-order chi connectivity index (χ1) is 9.24. The Morgan fingerprint density at radius 2 is 1.89 bits per heavy atom. The van der Waals surface area contributed by atoms with Crippen molar-refractivity contribution in [2.24, 2.45) is 0 Å². The van der Waals surface area contributed by atoms with Crippen molar-refractivity contribution in [2.75, 3.05) is 5.73 Å². The number of halogens is 1. The number of hydrogen-bond acceptors (Lipinski definition) is 6. The van der Waals surface area contributed by atoms with E-state index in [1.165, 1.54) is 0 Å². The number of hydrogen-bond donors (Lipinski definition) is 1. The van der Waals surface area contributed by atoms with Gasteiger partial charge in [0.15, 0.2) is 0 Å². The average molecular weight is 274 g/mol. The summed E-state index contributed by atoms with van der Waals surface area (Å²) in [7, 11) is 0. The van der Waals surface area contributed by atoms with Crippen LogP contribution in [0.25, 0.3) is 23.1 Å². The Morgan fingerprint density at radius 3 is 2.63 bits per heavy atom. The minimum Gasteiger partial charge on any atom is -0.398 e. The van der Waals surface area contributed by atoms with E-state index in [0.29, 0.717) is 33.8 Å². The van der Waals surface area contributed by atoms with Crippen molar-refractivity contribution in [1.82, 2.24) is 20.1 Å². The Balaban J connectivity index is 2.02. The van der Waals surface area contributed by atoms with Crippen LogP contribution in [0.1, 0.15) is 0 Å². The van der Waals surface area contributed by atoms with E-state index in [4.69, 9.17) is 21.9 Å². The molecule has 0 aliphatic rings. The molecule has 0 aliphatic heterocycles. The van der Waals surface area contributed by atoms with Gasteiger partial charge in [0.1, 0.15) is 0 Å². The molecule has 3 rings (SSSR count). The summed E-state index contributed by atoms with van der Waals surface area (Å²) in [6.07, 6.45) is 3.21. The SMILES string of the molecule is Nc1cc(Cl)ccc1-c1nc(-c2ncccn2)no1. The molecule has 2 N–H and O–H groups in total. The second-order valence-electron chi connectivity index (χ2n) is 3.73. The molecule has 6 nitrogen and oxygen atoms in total. The molecule has 2 aromatic heterocycles. The van der Waals surface area contributed by atoms with Gasteiger partial charge in [-0.2, -0.15) is 4.98 Å². The molecular weight excluding hydrogens is 266 g/mol. The number of benzene rings is 1. The lowest BCUT2D eigenvalue weighted by atomic mass is 10.2. The maximum atomic E-state index is 5.86. The fourth-order valence-corrected chi connectivity index (χ4v) is 1.75. The van der Waals surface area contributed by atoms with Gasteiger partial charge in [0.2, 0.25) is 11.6 Å². The largest absolute Gasteiger partial charge is 0.398 e. The number of rotatable bonds is 2. The van der Waals surface area contributed by atoms with Gasteiger partial charge in [0.25, 0.3) is 5.89 Å². The van der Waals surface area contributed by atoms with Gasteiger partial charge in [-0.25, -0.2) is 9.97 Å². The molecular formula is C12H8ClN5O. The predicted octanol–water partition coefficient (Wildman–Crippen LogP) is 2.43. The third-order valence-corrected chi connectivity index (χ3v) is 2.67. The van der Waals surface area contributed by atoms with Crippen molar-refractivity contribution in [3.63, 3.8) is 0 Å². The number of anilines is 1. The first-order valence-electron chi connectivity index (χ1n) is 5.40. The summed E-state index contributed by atoms with van der Waals surface area (Å²) in [6.45, 7) is 0. The Hall–Kier alpha value is -2.47. The lowest BCUT2D eigenvalue weighted by molar-refractivity contribution is 0.432. The Bertz CT molecular complexity index is 713. The van der Waals surface area contributed by atoms with Gasteiger partial charge < -0.3 is 10.3 Å². The first-order valence-corrected chi connectivity index (χ1v) is 5.78. The van der Waals surface area contributed by atoms with Crippen LogP contribution in [0.3, 0.4) is 0 Å². The summed E-state index contributed by atoms with van der Waals surface area (Å²) in [6, 6.07) is 6.76. The second kappa shape index (κ2) is 4.66. The smallest absolute Gasteiger partial charge is 0.260 e. The summed E-state index contributed by atoms with van der Waals surface area (Å²) in [4.78, 5) is 12.3. The van der Waals surface area contributed by atoms with Gasteiger partial charge in [-0.15, -0.1) is 0 Å². The number of aromatic nitrogens is 4. The summed E-state index contributed by atoms with van der Waals surface area (Å²) in [5.74, 6) is 1.01. The molecule has 0 fully saturated rings. The summed E-state index contributed by atoms with van der Waals surface area (Å²) in [5.41, 5.74) is 6.95. The fourth-order valence-electron chi connectivity index (χ4n) is 1.57. The molecule has 0 saturated carbocycles. The zero-order chi connectivity index (χ0) is 13.2. The Kier molecular flexibility index (Phi) is 2.85. The fraction of sp³-hybridized carbons (Fsp3) is 0. The summed E-state index contributed by atoms with van der Waals surface area (Å²) < 4.78 is 5.16. The van der Waals surface area contributed by atoms with Crippen molar-refractivity contribution in [3.05, 3.63) is 41.7 Å². The molecule has 0 spiro atoms. The van der Waals surface area contributed by atoms with Gasteiger partial charge in [0, 0.05) is 23.1 Å². The van der Waals surface area contributed by atoms with Crippen LogP contribution in [0.15, 0.2) is 41.2 Å². The lowest BCUT2D eigenvalue weighted by Crippen LogP contribution is -1.91. The van der Waals surface area contributed by atoms with Gasteiger partial charge in [0.05, 0.1) is 5.56 Å². The number of nitrogen functional groups attached to an aromatic ring is 1. The minimum atomic E-state index is 0.302. The number of nitrogens with zero attached hydrogens (tertiary/aromatic N) is 4. The zero-order valence-electron chi connectivity index (χ0n) is 9.62. The second-order valence-corrected chi connectivity index (χ2v) is 4.16. The van der Waals surface area contributed by atoms with Crippen LogP contribution in [0.4, 0.5) is 5.69 Å². The molecule has 0 atom stereocenters. The third-order valence-electron chi connectivity index (χ3n) is 2.44. The summed E-state index contributed by atoms with van der Waals surface area (Å²) >= 11 is 5.84. The van der Waals surface area contributed by atoms with Crippen LogP contribution in [-0.4, -0.2) is 20.1 Å². The average Bonchev–Trinajstić information content (AvgIpc) is 2.89. The quantitative estimate of drug-likeness (QED) is 0.721. The molecule has 2 heterocycles. The molecule has 0 radical (unpaired) electrons. The van der Waals surface area contributed by atoms with Crippen LogP contribution in [0, 0.1) is 0 Å². The van der Waals surface area contributed by atoms with E-state index >= 15 is 0 Å². The van der Waals surface area contributed by atoms with E-state index in [2.05, 4.69) is 20.1 Å². The lowest BCUT2D eigenvalue weighted by Gasteiger charge is -1.99. The summed E-state index contributed by atoms with van der Waals surface area (Å²) in [5, 5.41) is 4.38. The van der Waals surface area contributed by atoms with Crippen molar-refractivity contribution in [1.29, 1.82) is 0 Å². The maximum Gasteiger partial charge on any atom is 0.260 e. The van der Waals surface area contributed by atoms with Crippen LogP contribution in [0.2, 0.25) is 5.02 Å². The van der Waals surface area contributed by atoms with E-state index in [-0.39, 0.29) is 0 Å². The van der Waals surface area contributed by atoms with Crippen LogP contribution >= 0.6 is 11.6 Å². The molecule has 0 aliphatic carbocycles. The van der Waals surface area contributed by atoms with Crippen LogP contribution in [-0.2, 0) is 0 Å². The molecule has 19 heavy (non-hydrogen) atoms. The van der Waals surface area contributed by atoms with Gasteiger partial charge in [-0.3, -0.25) is 0 Å². The van der Waals surface area contributed by atoms with Crippen LogP contribution in [0.5, 0.6) is 0 Å². The third kappa shape index (κ3) is 2.25. The normalized spacial score (nSPS) is 10.6. The van der Waals surface area contributed by atoms with Gasteiger partial charge >= 0.3 is 0 Å². The van der Waals surface area contributed by atoms with Crippen LogP contribution < -0.4 is 5.73 Å². The van der Waals surface area contributed by atoms with E-state index in [0.717, 1.165) is 0 Å². The molecule has 0 saturated heterocycles. The predicted molar refractivity (Wildman–Crippen MR) is 70.2 cm³/mol. The highest BCUT2D eigenvalue weighted by Crippen LogP contribution is 2.28. The zero-order valence-corrected chi connectivity index (χ0v) is 10.4. The number of nitrogens with two attached hydrogens (primary N) is 1. The molecule has 0 amide bonds. The molecule has 94 valence electrons. The molecule has 7 heteroatoms. The van der Waals surface area contributed by atoms with Crippen molar-refractivity contribution >= 4 is 17.3 Å². The van der Waals surface area contributed by atoms with Crippen molar-refractivity contribution < 1.29 is 4.52 Å². The van der Waals surface area contributed by atoms with E-state index in [1.807, 2.05) is 0 Å². The highest BCUT2D eigenvalue weighted by Gasteiger charge is 2.14. The van der Waals surface area contributed by atoms with Gasteiger partial charge in [-0.1, -0.05) is 16.8 Å². The van der Waals surface area contributed by atoms with Gasteiger partial charge in [-0.05, 0) is 24.3 Å². The van der Waals surface area contributed by atoms with E-state index in [1.54, 1.807) is 36.7 Å². The molecule has 0 unspecified atom stereocenters. The molecule has 0 bridgehead atoms. The Labute approximate surface area is 113 Å². The highest BCUT2D eigenvalue weighted by molar-refractivity contribution is 6.31. The van der Waals surface area contributed by atoms with E-state index in [9.17, 15) is 0 Å². The minimum absolute atomic E-state index is 0.302. The monoisotopic (exact) mass is 273 g/mol.